The highest BCUT2D eigenvalue weighted by Gasteiger charge is 2.03. The lowest BCUT2D eigenvalue weighted by atomic mass is 10.2. The molecule has 0 aromatic rings. The van der Waals surface area contributed by atoms with Crippen LogP contribution in [-0.4, -0.2) is 11.2 Å². The van der Waals surface area contributed by atoms with E-state index in [1.165, 1.54) is 0 Å². The lowest BCUT2D eigenvalue weighted by Crippen LogP contribution is -2.06. The van der Waals surface area contributed by atoms with Crippen LogP contribution < -0.4 is 0 Å². The van der Waals surface area contributed by atoms with Gasteiger partial charge in [-0.1, -0.05) is 6.92 Å². The highest BCUT2D eigenvalue weighted by atomic mass is 35.5. The average molecular weight is 121 g/mol. The van der Waals surface area contributed by atoms with E-state index in [9.17, 15) is 4.79 Å². The first-order valence-electron chi connectivity index (χ1n) is 2.35. The van der Waals surface area contributed by atoms with E-state index in [4.69, 9.17) is 11.6 Å². The summed E-state index contributed by atoms with van der Waals surface area (Å²) in [5.41, 5.74) is 0. The second-order valence-corrected chi connectivity index (χ2v) is 2.09. The van der Waals surface area contributed by atoms with Gasteiger partial charge >= 0.3 is 0 Å². The minimum atomic E-state index is -0.301. The highest BCUT2D eigenvalue weighted by molar-refractivity contribution is 6.30. The summed E-state index contributed by atoms with van der Waals surface area (Å²) in [6.07, 6.45) is 0.546. The third-order valence-electron chi connectivity index (χ3n) is 0.792. The third kappa shape index (κ3) is 2.63. The van der Waals surface area contributed by atoms with E-state index in [1.807, 2.05) is 0 Å². The van der Waals surface area contributed by atoms with Crippen LogP contribution in [0.5, 0.6) is 0 Å². The Morgan fingerprint density at radius 3 is 2.29 bits per heavy atom. The Hall–Kier alpha value is -0.0400. The molecule has 0 rings (SSSR count). The highest BCUT2D eigenvalue weighted by Crippen LogP contribution is 1.96. The van der Waals surface area contributed by atoms with Crippen LogP contribution in [0, 0.1) is 0 Å². The van der Waals surface area contributed by atoms with E-state index in [1.54, 1.807) is 13.8 Å². The van der Waals surface area contributed by atoms with Crippen molar-refractivity contribution in [2.75, 3.05) is 0 Å². The maximum atomic E-state index is 10.4. The van der Waals surface area contributed by atoms with Crippen molar-refractivity contribution in [3.05, 3.63) is 0 Å². The van der Waals surface area contributed by atoms with E-state index >= 15 is 0 Å². The minimum Gasteiger partial charge on any atom is -0.298 e. The van der Waals surface area contributed by atoms with Gasteiger partial charge in [0.2, 0.25) is 0 Å². The molecule has 7 heavy (non-hydrogen) atoms. The summed E-state index contributed by atoms with van der Waals surface area (Å²) in [6, 6.07) is 0. The molecule has 0 radical (unpaired) electrons. The molecule has 1 atom stereocenters. The zero-order valence-corrected chi connectivity index (χ0v) is 5.33. The Morgan fingerprint density at radius 1 is 1.86 bits per heavy atom. The summed E-state index contributed by atoms with van der Waals surface area (Å²) >= 11 is 5.38. The van der Waals surface area contributed by atoms with Crippen LogP contribution in [0.1, 0.15) is 20.3 Å². The molecule has 0 spiro atoms. The van der Waals surface area contributed by atoms with Crippen LogP contribution in [0.3, 0.4) is 0 Å². The second-order valence-electron chi connectivity index (χ2n) is 1.44. The van der Waals surface area contributed by atoms with E-state index < -0.39 is 0 Å². The number of hydrogen-bond acceptors (Lipinski definition) is 1. The molecule has 0 aliphatic heterocycles. The second kappa shape index (κ2) is 3.03. The fourth-order valence-corrected chi connectivity index (χ4v) is 0.436. The van der Waals surface area contributed by atoms with Gasteiger partial charge in [-0.15, -0.1) is 11.6 Å². The van der Waals surface area contributed by atoms with E-state index in [0.29, 0.717) is 6.42 Å². The Balaban J connectivity index is 3.35. The standard InChI is InChI=1S/C5H9ClO/c1-3-5(7)4(2)6/h4H,3H2,1-2H3/t4-/m0/s1. The molecule has 1 nitrogen and oxygen atoms in total. The van der Waals surface area contributed by atoms with Crippen LogP contribution in [0.2, 0.25) is 0 Å². The zero-order chi connectivity index (χ0) is 5.86. The summed E-state index contributed by atoms with van der Waals surface area (Å²) < 4.78 is 0. The fourth-order valence-electron chi connectivity index (χ4n) is 0.281. The molecule has 42 valence electrons. The van der Waals surface area contributed by atoms with Gasteiger partial charge in [-0.05, 0) is 6.92 Å². The van der Waals surface area contributed by atoms with Crippen LogP contribution in [0.4, 0.5) is 0 Å². The number of halogens is 1. The van der Waals surface area contributed by atoms with E-state index in [-0.39, 0.29) is 11.2 Å². The predicted octanol–water partition coefficient (Wildman–Crippen LogP) is 1.59. The van der Waals surface area contributed by atoms with Gasteiger partial charge in [0.15, 0.2) is 0 Å². The maximum Gasteiger partial charge on any atom is 0.150 e. The van der Waals surface area contributed by atoms with Gasteiger partial charge in [-0.2, -0.15) is 0 Å². The van der Waals surface area contributed by atoms with E-state index in [0.717, 1.165) is 0 Å². The topological polar surface area (TPSA) is 17.1 Å². The molecule has 0 unspecified atom stereocenters. The molecule has 0 aromatic heterocycles. The summed E-state index contributed by atoms with van der Waals surface area (Å²) in [5, 5.41) is -0.301. The van der Waals surface area contributed by atoms with Gasteiger partial charge in [-0.25, -0.2) is 0 Å². The van der Waals surface area contributed by atoms with Crippen molar-refractivity contribution in [3.63, 3.8) is 0 Å². The molecule has 0 fully saturated rings. The molecule has 0 aliphatic carbocycles. The normalized spacial score (nSPS) is 13.6. The first kappa shape index (κ1) is 6.96. The summed E-state index contributed by atoms with van der Waals surface area (Å²) in [6.45, 7) is 3.49. The molecule has 0 aliphatic rings. The fraction of sp³-hybridized carbons (Fsp3) is 0.800. The quantitative estimate of drug-likeness (QED) is 0.506. The molecule has 0 N–H and O–H groups in total. The summed E-state index contributed by atoms with van der Waals surface area (Å²) in [5.74, 6) is 0.113. The molecule has 0 aromatic carbocycles. The van der Waals surface area contributed by atoms with Gasteiger partial charge in [0.05, 0.1) is 5.38 Å². The van der Waals surface area contributed by atoms with Gasteiger partial charge in [0, 0.05) is 6.42 Å². The zero-order valence-electron chi connectivity index (χ0n) is 4.57. The summed E-state index contributed by atoms with van der Waals surface area (Å²) in [7, 11) is 0. The Morgan fingerprint density at radius 2 is 2.29 bits per heavy atom. The number of Topliss-reactive ketones (excluding diaryl/α,β-unsaturated/α-hetero) is 1. The Bertz CT molecular complexity index is 68.5. The van der Waals surface area contributed by atoms with Crippen molar-refractivity contribution in [1.29, 1.82) is 0 Å². The van der Waals surface area contributed by atoms with Crippen LogP contribution in [0.15, 0.2) is 0 Å². The molecule has 0 saturated carbocycles. The average Bonchev–Trinajstić information content (AvgIpc) is 1.65. The van der Waals surface area contributed by atoms with E-state index in [2.05, 4.69) is 0 Å². The molecule has 0 heterocycles. The number of carbonyl (C=O) groups is 1. The smallest absolute Gasteiger partial charge is 0.150 e. The number of alkyl halides is 1. The van der Waals surface area contributed by atoms with Gasteiger partial charge in [0.1, 0.15) is 5.78 Å². The molecular weight excluding hydrogens is 112 g/mol. The molecule has 0 amide bonds. The molecular formula is C5H9ClO. The van der Waals surface area contributed by atoms with Gasteiger partial charge in [0.25, 0.3) is 0 Å². The molecule has 0 saturated heterocycles. The number of ketones is 1. The Kier molecular flexibility index (Phi) is 3.01. The first-order valence-corrected chi connectivity index (χ1v) is 2.79. The van der Waals surface area contributed by atoms with Crippen molar-refractivity contribution in [3.8, 4) is 0 Å². The Labute approximate surface area is 48.7 Å². The minimum absolute atomic E-state index is 0.113. The maximum absolute atomic E-state index is 10.4. The lowest BCUT2D eigenvalue weighted by molar-refractivity contribution is -0.118. The first-order chi connectivity index (χ1) is 3.18. The van der Waals surface area contributed by atoms with Crippen LogP contribution in [-0.2, 0) is 4.79 Å². The van der Waals surface area contributed by atoms with Crippen molar-refractivity contribution in [2.45, 2.75) is 25.6 Å². The van der Waals surface area contributed by atoms with Crippen molar-refractivity contribution >= 4 is 17.4 Å². The predicted molar refractivity (Wildman–Crippen MR) is 30.6 cm³/mol. The van der Waals surface area contributed by atoms with Crippen LogP contribution in [0.25, 0.3) is 0 Å². The molecule has 0 bridgehead atoms. The van der Waals surface area contributed by atoms with Crippen LogP contribution >= 0.6 is 11.6 Å². The third-order valence-corrected chi connectivity index (χ3v) is 1.04. The SMILES string of the molecule is CCC(=O)[C@H](C)Cl. The van der Waals surface area contributed by atoms with Crippen molar-refractivity contribution < 1.29 is 4.79 Å². The number of hydrogen-bond donors (Lipinski definition) is 0. The summed E-state index contributed by atoms with van der Waals surface area (Å²) in [4.78, 5) is 10.4. The number of rotatable bonds is 2. The lowest BCUT2D eigenvalue weighted by Gasteiger charge is -1.93. The van der Waals surface area contributed by atoms with Gasteiger partial charge in [-0.3, -0.25) is 4.79 Å². The monoisotopic (exact) mass is 120 g/mol. The number of carbonyl (C=O) groups excluding carboxylic acids is 1. The molecule has 2 heteroatoms. The van der Waals surface area contributed by atoms with Crippen molar-refractivity contribution in [1.82, 2.24) is 0 Å². The van der Waals surface area contributed by atoms with Gasteiger partial charge < -0.3 is 0 Å². The van der Waals surface area contributed by atoms with Crippen molar-refractivity contribution in [2.24, 2.45) is 0 Å². The largest absolute Gasteiger partial charge is 0.298 e.